The van der Waals surface area contributed by atoms with E-state index in [0.29, 0.717) is 16.3 Å². The minimum Gasteiger partial charge on any atom is -0.325 e. The molecule has 1 aromatic carbocycles. The molecule has 0 spiro atoms. The van der Waals surface area contributed by atoms with Crippen LogP contribution < -0.4 is 15.5 Å². The van der Waals surface area contributed by atoms with Crippen LogP contribution in [0.15, 0.2) is 24.4 Å². The summed E-state index contributed by atoms with van der Waals surface area (Å²) in [5.74, 6) is -1.89. The van der Waals surface area contributed by atoms with Gasteiger partial charge in [0.1, 0.15) is 0 Å². The maximum atomic E-state index is 14.4. The average molecular weight is 487 g/mol. The van der Waals surface area contributed by atoms with Crippen molar-refractivity contribution in [2.24, 2.45) is 0 Å². The molecule has 0 aliphatic carbocycles. The van der Waals surface area contributed by atoms with Crippen molar-refractivity contribution in [3.05, 3.63) is 35.8 Å². The van der Waals surface area contributed by atoms with Crippen molar-refractivity contribution in [1.29, 1.82) is 0 Å². The summed E-state index contributed by atoms with van der Waals surface area (Å²) in [6, 6.07) is 4.70. The second-order valence-electron chi connectivity index (χ2n) is 7.88. The summed E-state index contributed by atoms with van der Waals surface area (Å²) in [6.07, 6.45) is 2.13. The summed E-state index contributed by atoms with van der Waals surface area (Å²) in [5, 5.41) is 5.51. The molecule has 0 saturated carbocycles. The second kappa shape index (κ2) is 9.91. The van der Waals surface area contributed by atoms with Gasteiger partial charge in [0.15, 0.2) is 11.6 Å². The van der Waals surface area contributed by atoms with Crippen LogP contribution in [0.2, 0.25) is 0 Å². The van der Waals surface area contributed by atoms with Gasteiger partial charge in [-0.15, -0.1) is 0 Å². The molecule has 2 aromatic rings. The minimum absolute atomic E-state index is 0.00161. The molecule has 2 heterocycles. The lowest BCUT2D eigenvalue weighted by atomic mass is 10.1. The number of benzene rings is 1. The van der Waals surface area contributed by atoms with Crippen LogP contribution in [0.3, 0.4) is 0 Å². The first-order valence-electron chi connectivity index (χ1n) is 10.2. The van der Waals surface area contributed by atoms with E-state index in [9.17, 15) is 26.4 Å². The first-order valence-corrected chi connectivity index (χ1v) is 12.0. The third-order valence-electron chi connectivity index (χ3n) is 5.00. The largest absolute Gasteiger partial charge is 0.325 e. The first kappa shape index (κ1) is 24.7. The molecule has 1 aliphatic rings. The molecule has 0 unspecified atom stereocenters. The number of rotatable bonds is 10. The van der Waals surface area contributed by atoms with Gasteiger partial charge in [-0.25, -0.2) is 17.8 Å². The van der Waals surface area contributed by atoms with E-state index in [1.54, 1.807) is 32.0 Å². The Balaban J connectivity index is 1.75. The Labute approximate surface area is 190 Å². The monoisotopic (exact) mass is 486 g/mol. The van der Waals surface area contributed by atoms with Crippen LogP contribution in [0.1, 0.15) is 25.8 Å². The number of alkyl halides is 2. The molecule has 0 bridgehead atoms. The zero-order valence-electron chi connectivity index (χ0n) is 18.3. The van der Waals surface area contributed by atoms with Crippen molar-refractivity contribution >= 4 is 39.1 Å². The van der Waals surface area contributed by atoms with Gasteiger partial charge in [0.25, 0.3) is 0 Å². The topological polar surface area (TPSA) is 108 Å². The molecule has 0 fully saturated rings. The van der Waals surface area contributed by atoms with Gasteiger partial charge in [-0.3, -0.25) is 9.69 Å². The van der Waals surface area contributed by atoms with Crippen molar-refractivity contribution < 1.29 is 26.4 Å². The standard InChI is InChI=1S/C20H25F3N6O3S/c1-12(2)29(33(3,31)32)8-4-7-28(19(22)23)18-15(21)11-24-20(27-18)25-14-6-5-13-9-17(30)26-16(13)10-14/h5-6,10-12,19H,4,7-9H2,1-3H3,(H,26,30)(H,24,25,27). The van der Waals surface area contributed by atoms with Crippen molar-refractivity contribution in [3.63, 3.8) is 0 Å². The fourth-order valence-corrected chi connectivity index (χ4v) is 4.77. The number of nitrogens with one attached hydrogen (secondary N) is 2. The summed E-state index contributed by atoms with van der Waals surface area (Å²) in [5.41, 5.74) is 1.92. The van der Waals surface area contributed by atoms with Crippen LogP contribution in [-0.2, 0) is 21.2 Å². The lowest BCUT2D eigenvalue weighted by Crippen LogP contribution is -2.39. The van der Waals surface area contributed by atoms with Crippen molar-refractivity contribution in [2.75, 3.05) is 34.9 Å². The maximum absolute atomic E-state index is 14.4. The maximum Gasteiger partial charge on any atom is 0.316 e. The van der Waals surface area contributed by atoms with Gasteiger partial charge < -0.3 is 10.6 Å². The van der Waals surface area contributed by atoms with E-state index in [4.69, 9.17) is 0 Å². The molecular formula is C20H25F3N6O3S. The minimum atomic E-state index is -3.51. The number of sulfonamides is 1. The Morgan fingerprint density at radius 3 is 2.61 bits per heavy atom. The molecule has 1 amide bonds. The van der Waals surface area contributed by atoms with Crippen LogP contribution in [0, 0.1) is 5.82 Å². The van der Waals surface area contributed by atoms with Crippen LogP contribution in [0.5, 0.6) is 0 Å². The number of carbonyl (C=O) groups is 1. The van der Waals surface area contributed by atoms with Crippen LogP contribution >= 0.6 is 0 Å². The van der Waals surface area contributed by atoms with Crippen molar-refractivity contribution in [3.8, 4) is 0 Å². The van der Waals surface area contributed by atoms with E-state index in [1.165, 1.54) is 4.31 Å². The summed E-state index contributed by atoms with van der Waals surface area (Å²) in [4.78, 5) is 19.7. The highest BCUT2D eigenvalue weighted by atomic mass is 32.2. The van der Waals surface area contributed by atoms with E-state index in [1.807, 2.05) is 0 Å². The highest BCUT2D eigenvalue weighted by molar-refractivity contribution is 7.88. The predicted molar refractivity (Wildman–Crippen MR) is 119 cm³/mol. The fraction of sp³-hybridized carbons (Fsp3) is 0.450. The average Bonchev–Trinajstić information content (AvgIpc) is 3.07. The summed E-state index contributed by atoms with van der Waals surface area (Å²) in [6.45, 7) is -0.0350. The van der Waals surface area contributed by atoms with Crippen LogP contribution in [0.25, 0.3) is 0 Å². The van der Waals surface area contributed by atoms with Gasteiger partial charge in [-0.05, 0) is 38.0 Å². The third kappa shape index (κ3) is 6.11. The number of fused-ring (bicyclic) bond motifs is 1. The molecule has 13 heteroatoms. The summed E-state index contributed by atoms with van der Waals surface area (Å²) >= 11 is 0. The zero-order valence-corrected chi connectivity index (χ0v) is 19.2. The number of nitrogens with zero attached hydrogens (tertiary/aromatic N) is 4. The van der Waals surface area contributed by atoms with Crippen molar-refractivity contribution in [2.45, 2.75) is 39.3 Å². The number of aromatic nitrogens is 2. The summed E-state index contributed by atoms with van der Waals surface area (Å²) in [7, 11) is -3.51. The van der Waals surface area contributed by atoms with E-state index in [2.05, 4.69) is 20.6 Å². The Hall–Kier alpha value is -2.93. The van der Waals surface area contributed by atoms with Crippen LogP contribution in [0.4, 0.5) is 36.3 Å². The lowest BCUT2D eigenvalue weighted by molar-refractivity contribution is -0.115. The van der Waals surface area contributed by atoms with Crippen LogP contribution in [-0.4, -0.2) is 60.5 Å². The predicted octanol–water partition coefficient (Wildman–Crippen LogP) is 2.94. The SMILES string of the molecule is CC(C)N(CCCN(c1nc(Nc2ccc3c(c2)NC(=O)C3)ncc1F)C(F)F)S(C)(=O)=O. The zero-order chi connectivity index (χ0) is 24.3. The lowest BCUT2D eigenvalue weighted by Gasteiger charge is -2.27. The van der Waals surface area contributed by atoms with E-state index < -0.39 is 28.2 Å². The molecule has 33 heavy (non-hydrogen) atoms. The number of hydrogen-bond donors (Lipinski definition) is 2. The van der Waals surface area contributed by atoms with Gasteiger partial charge in [-0.2, -0.15) is 18.1 Å². The Bertz CT molecular complexity index is 1130. The normalized spacial score (nSPS) is 13.5. The molecule has 0 radical (unpaired) electrons. The fourth-order valence-electron chi connectivity index (χ4n) is 3.54. The highest BCUT2D eigenvalue weighted by Crippen LogP contribution is 2.28. The molecule has 1 aromatic heterocycles. The highest BCUT2D eigenvalue weighted by Gasteiger charge is 2.25. The number of carbonyl (C=O) groups excluding carboxylic acids is 1. The molecule has 1 aliphatic heterocycles. The number of amides is 1. The second-order valence-corrected chi connectivity index (χ2v) is 9.81. The van der Waals surface area contributed by atoms with Crippen molar-refractivity contribution in [1.82, 2.24) is 14.3 Å². The molecule has 2 N–H and O–H groups in total. The Morgan fingerprint density at radius 2 is 1.97 bits per heavy atom. The number of halogens is 3. The molecular weight excluding hydrogens is 461 g/mol. The third-order valence-corrected chi connectivity index (χ3v) is 6.46. The van der Waals surface area contributed by atoms with Gasteiger partial charge in [-0.1, -0.05) is 6.07 Å². The number of hydrogen-bond acceptors (Lipinski definition) is 7. The molecule has 180 valence electrons. The van der Waals surface area contributed by atoms with Gasteiger partial charge in [0, 0.05) is 30.5 Å². The smallest absolute Gasteiger partial charge is 0.316 e. The Kier molecular flexibility index (Phi) is 7.42. The molecule has 3 rings (SSSR count). The summed E-state index contributed by atoms with van der Waals surface area (Å²) < 4.78 is 66.7. The first-order chi connectivity index (χ1) is 15.5. The van der Waals surface area contributed by atoms with Gasteiger partial charge in [0.05, 0.1) is 18.9 Å². The van der Waals surface area contributed by atoms with E-state index in [-0.39, 0.29) is 43.8 Å². The Morgan fingerprint density at radius 1 is 1.24 bits per heavy atom. The quantitative estimate of drug-likeness (QED) is 0.497. The van der Waals surface area contributed by atoms with Gasteiger partial charge >= 0.3 is 6.55 Å². The molecule has 0 atom stereocenters. The molecule has 0 saturated heterocycles. The van der Waals surface area contributed by atoms with E-state index in [0.717, 1.165) is 18.0 Å². The van der Waals surface area contributed by atoms with E-state index >= 15 is 0 Å². The molecule has 9 nitrogen and oxygen atoms in total. The van der Waals surface area contributed by atoms with Gasteiger partial charge in [0.2, 0.25) is 21.9 Å². The number of anilines is 4.